The lowest BCUT2D eigenvalue weighted by atomic mass is 10.1. The second kappa shape index (κ2) is 8.23. The summed E-state index contributed by atoms with van der Waals surface area (Å²) in [6.45, 7) is 11.3. The van der Waals surface area contributed by atoms with E-state index < -0.39 is 10.0 Å². The minimum atomic E-state index is -3.65. The van der Waals surface area contributed by atoms with Crippen molar-refractivity contribution in [2.75, 3.05) is 18.0 Å². The van der Waals surface area contributed by atoms with E-state index in [0.717, 1.165) is 33.5 Å². The van der Waals surface area contributed by atoms with Crippen LogP contribution in [0.25, 0.3) is 0 Å². The average molecular weight is 389 g/mol. The lowest BCUT2D eigenvalue weighted by Gasteiger charge is -2.24. The summed E-state index contributed by atoms with van der Waals surface area (Å²) in [5.74, 6) is -0.120. The summed E-state index contributed by atoms with van der Waals surface area (Å²) in [6.07, 6.45) is 0. The van der Waals surface area contributed by atoms with Gasteiger partial charge in [-0.05, 0) is 62.9 Å². The van der Waals surface area contributed by atoms with Gasteiger partial charge in [-0.15, -0.1) is 0 Å². The molecular formula is C21H28N2O3S. The van der Waals surface area contributed by atoms with Gasteiger partial charge in [0.1, 0.15) is 0 Å². The summed E-state index contributed by atoms with van der Waals surface area (Å²) in [6, 6.07) is 9.62. The van der Waals surface area contributed by atoms with E-state index in [2.05, 4.69) is 4.72 Å². The first-order valence-corrected chi connectivity index (χ1v) is 10.4. The Balaban J connectivity index is 2.20. The topological polar surface area (TPSA) is 66.5 Å². The van der Waals surface area contributed by atoms with Crippen molar-refractivity contribution in [1.29, 1.82) is 0 Å². The van der Waals surface area contributed by atoms with Crippen molar-refractivity contribution in [2.45, 2.75) is 46.4 Å². The highest BCUT2D eigenvalue weighted by Gasteiger charge is 2.21. The molecule has 27 heavy (non-hydrogen) atoms. The number of sulfonamides is 1. The largest absolute Gasteiger partial charge is 0.311 e. The molecule has 0 radical (unpaired) electrons. The van der Waals surface area contributed by atoms with Crippen molar-refractivity contribution in [2.24, 2.45) is 0 Å². The van der Waals surface area contributed by atoms with Crippen LogP contribution in [0.1, 0.15) is 34.7 Å². The molecule has 146 valence electrons. The van der Waals surface area contributed by atoms with Gasteiger partial charge in [0, 0.05) is 25.7 Å². The number of nitrogens with one attached hydrogen (secondary N) is 1. The zero-order valence-corrected chi connectivity index (χ0v) is 17.7. The SMILES string of the molecule is CC(=O)N(CCNS(=O)(=O)c1c(C)cc(C)cc1C)c1cc(C)ccc1C. The average Bonchev–Trinajstić information content (AvgIpc) is 2.52. The van der Waals surface area contributed by atoms with Crippen molar-refractivity contribution >= 4 is 21.6 Å². The predicted molar refractivity (Wildman–Crippen MR) is 110 cm³/mol. The van der Waals surface area contributed by atoms with Crippen molar-refractivity contribution in [1.82, 2.24) is 4.72 Å². The highest BCUT2D eigenvalue weighted by atomic mass is 32.2. The molecule has 1 N–H and O–H groups in total. The quantitative estimate of drug-likeness (QED) is 0.823. The van der Waals surface area contributed by atoms with Crippen LogP contribution in [-0.4, -0.2) is 27.4 Å². The normalized spacial score (nSPS) is 11.5. The summed E-state index contributed by atoms with van der Waals surface area (Å²) in [4.78, 5) is 14.1. The van der Waals surface area contributed by atoms with Crippen LogP contribution in [0.4, 0.5) is 5.69 Å². The van der Waals surface area contributed by atoms with Crippen LogP contribution in [0, 0.1) is 34.6 Å². The summed E-state index contributed by atoms with van der Waals surface area (Å²) in [5, 5.41) is 0. The highest BCUT2D eigenvalue weighted by molar-refractivity contribution is 7.89. The van der Waals surface area contributed by atoms with Crippen LogP contribution in [0.15, 0.2) is 35.2 Å². The minimum Gasteiger partial charge on any atom is -0.311 e. The standard InChI is InChI=1S/C21H28N2O3S/c1-14-7-8-16(3)20(13-14)23(19(6)24)10-9-22-27(25,26)21-17(4)11-15(2)12-18(21)5/h7-8,11-13,22H,9-10H2,1-6H3. The van der Waals surface area contributed by atoms with Gasteiger partial charge in [0.25, 0.3) is 0 Å². The number of carbonyl (C=O) groups is 1. The van der Waals surface area contributed by atoms with Gasteiger partial charge in [0.05, 0.1) is 4.90 Å². The van der Waals surface area contributed by atoms with E-state index in [-0.39, 0.29) is 19.0 Å². The molecule has 0 unspecified atom stereocenters. The summed E-state index contributed by atoms with van der Waals surface area (Å²) >= 11 is 0. The third-order valence-electron chi connectivity index (χ3n) is 4.54. The van der Waals surface area contributed by atoms with Gasteiger partial charge in [0.2, 0.25) is 15.9 Å². The maximum Gasteiger partial charge on any atom is 0.241 e. The van der Waals surface area contributed by atoms with Gasteiger partial charge in [-0.25, -0.2) is 13.1 Å². The fourth-order valence-corrected chi connectivity index (χ4v) is 4.88. The first kappa shape index (κ1) is 21.1. The molecule has 0 spiro atoms. The number of hydrogen-bond donors (Lipinski definition) is 1. The molecule has 0 aliphatic rings. The van der Waals surface area contributed by atoms with E-state index in [9.17, 15) is 13.2 Å². The molecule has 0 heterocycles. The number of benzene rings is 2. The molecule has 0 atom stereocenters. The van der Waals surface area contributed by atoms with Crippen LogP contribution in [0.3, 0.4) is 0 Å². The molecule has 0 saturated heterocycles. The Labute approximate surface area is 162 Å². The smallest absolute Gasteiger partial charge is 0.241 e. The zero-order valence-electron chi connectivity index (χ0n) is 16.9. The Morgan fingerprint density at radius 1 is 0.926 bits per heavy atom. The third-order valence-corrected chi connectivity index (χ3v) is 6.30. The first-order chi connectivity index (χ1) is 12.5. The lowest BCUT2D eigenvalue weighted by molar-refractivity contribution is -0.116. The maximum absolute atomic E-state index is 12.8. The number of aryl methyl sites for hydroxylation is 5. The molecule has 0 saturated carbocycles. The molecule has 0 aliphatic heterocycles. The molecule has 0 fully saturated rings. The van der Waals surface area contributed by atoms with Crippen molar-refractivity contribution < 1.29 is 13.2 Å². The minimum absolute atomic E-state index is 0.120. The molecule has 2 aromatic carbocycles. The summed E-state index contributed by atoms with van der Waals surface area (Å²) < 4.78 is 28.2. The van der Waals surface area contributed by atoms with E-state index in [0.29, 0.717) is 4.90 Å². The number of nitrogens with zero attached hydrogens (tertiary/aromatic N) is 1. The van der Waals surface area contributed by atoms with E-state index in [1.54, 1.807) is 18.7 Å². The number of hydrogen-bond acceptors (Lipinski definition) is 3. The Hall–Kier alpha value is -2.18. The number of anilines is 1. The Morgan fingerprint density at radius 3 is 2.07 bits per heavy atom. The summed E-state index contributed by atoms with van der Waals surface area (Å²) in [5.41, 5.74) is 5.30. The zero-order chi connectivity index (χ0) is 20.4. The highest BCUT2D eigenvalue weighted by Crippen LogP contribution is 2.23. The Bertz CT molecular complexity index is 942. The van der Waals surface area contributed by atoms with E-state index >= 15 is 0 Å². The first-order valence-electron chi connectivity index (χ1n) is 8.96. The second-order valence-electron chi connectivity index (χ2n) is 7.09. The fraction of sp³-hybridized carbons (Fsp3) is 0.381. The van der Waals surface area contributed by atoms with Crippen molar-refractivity contribution in [3.05, 3.63) is 58.1 Å². The summed E-state index contributed by atoms with van der Waals surface area (Å²) in [7, 11) is -3.65. The molecule has 5 nitrogen and oxygen atoms in total. The van der Waals surface area contributed by atoms with Gasteiger partial charge in [-0.1, -0.05) is 29.8 Å². The van der Waals surface area contributed by atoms with Crippen molar-refractivity contribution in [3.63, 3.8) is 0 Å². The Kier molecular flexibility index (Phi) is 6.44. The lowest BCUT2D eigenvalue weighted by Crippen LogP contribution is -2.38. The number of amides is 1. The van der Waals surface area contributed by atoms with Crippen molar-refractivity contribution in [3.8, 4) is 0 Å². The van der Waals surface area contributed by atoms with Crippen LogP contribution in [0.5, 0.6) is 0 Å². The Morgan fingerprint density at radius 2 is 1.52 bits per heavy atom. The molecule has 2 rings (SSSR count). The molecule has 0 aromatic heterocycles. The van der Waals surface area contributed by atoms with E-state index in [4.69, 9.17) is 0 Å². The van der Waals surface area contributed by atoms with Gasteiger partial charge in [0.15, 0.2) is 0 Å². The van der Waals surface area contributed by atoms with Gasteiger partial charge in [-0.2, -0.15) is 0 Å². The fourth-order valence-electron chi connectivity index (χ4n) is 3.41. The second-order valence-corrected chi connectivity index (χ2v) is 8.79. The molecule has 2 aromatic rings. The van der Waals surface area contributed by atoms with Crippen LogP contribution >= 0.6 is 0 Å². The van der Waals surface area contributed by atoms with Crippen LogP contribution < -0.4 is 9.62 Å². The van der Waals surface area contributed by atoms with Gasteiger partial charge < -0.3 is 4.90 Å². The monoisotopic (exact) mass is 388 g/mol. The molecule has 0 bridgehead atoms. The molecule has 0 aliphatic carbocycles. The third kappa shape index (κ3) is 4.96. The van der Waals surface area contributed by atoms with Crippen LogP contribution in [-0.2, 0) is 14.8 Å². The molecule has 6 heteroatoms. The van der Waals surface area contributed by atoms with E-state index in [1.165, 1.54) is 6.92 Å². The van der Waals surface area contributed by atoms with Crippen LogP contribution in [0.2, 0.25) is 0 Å². The van der Waals surface area contributed by atoms with Gasteiger partial charge >= 0.3 is 0 Å². The van der Waals surface area contributed by atoms with Gasteiger partial charge in [-0.3, -0.25) is 4.79 Å². The maximum atomic E-state index is 12.8. The number of carbonyl (C=O) groups excluding carboxylic acids is 1. The predicted octanol–water partition coefficient (Wildman–Crippen LogP) is 3.56. The molecular weight excluding hydrogens is 360 g/mol. The molecule has 1 amide bonds. The van der Waals surface area contributed by atoms with E-state index in [1.807, 2.05) is 51.1 Å². The number of rotatable bonds is 6.